The van der Waals surface area contributed by atoms with Crippen LogP contribution in [0.3, 0.4) is 0 Å². The molecule has 12 heavy (non-hydrogen) atoms. The minimum absolute atomic E-state index is 0.237. The fourth-order valence-corrected chi connectivity index (χ4v) is 1.51. The molecule has 3 nitrogen and oxygen atoms in total. The molecule has 0 spiro atoms. The fourth-order valence-electron chi connectivity index (χ4n) is 0.824. The Kier molecular flexibility index (Phi) is 3.49. The molecule has 1 rings (SSSR count). The van der Waals surface area contributed by atoms with Crippen molar-refractivity contribution < 1.29 is 5.11 Å². The number of aliphatic hydroxyl groups is 1. The quantitative estimate of drug-likeness (QED) is 0.751. The van der Waals surface area contributed by atoms with Crippen molar-refractivity contribution in [3.8, 4) is 0 Å². The lowest BCUT2D eigenvalue weighted by atomic mass is 10.3. The van der Waals surface area contributed by atoms with E-state index < -0.39 is 0 Å². The predicted molar refractivity (Wildman–Crippen MR) is 51.6 cm³/mol. The second-order valence-electron chi connectivity index (χ2n) is 2.84. The van der Waals surface area contributed by atoms with Gasteiger partial charge in [-0.25, -0.2) is 4.98 Å². The van der Waals surface area contributed by atoms with E-state index in [1.54, 1.807) is 18.3 Å². The summed E-state index contributed by atoms with van der Waals surface area (Å²) in [6, 6.07) is 0. The number of rotatable bonds is 4. The lowest BCUT2D eigenvalue weighted by molar-refractivity contribution is 0.189. The Morgan fingerprint density at radius 2 is 2.50 bits per heavy atom. The van der Waals surface area contributed by atoms with E-state index in [4.69, 9.17) is 5.11 Å². The molecule has 2 N–H and O–H groups in total. The highest BCUT2D eigenvalue weighted by atomic mass is 32.1. The van der Waals surface area contributed by atoms with Crippen LogP contribution in [0.15, 0.2) is 6.20 Å². The zero-order valence-electron chi connectivity index (χ0n) is 7.37. The van der Waals surface area contributed by atoms with Gasteiger partial charge in [-0.15, -0.1) is 11.3 Å². The number of anilines is 1. The number of aliphatic hydroxyl groups excluding tert-OH is 1. The maximum atomic E-state index is 8.98. The molecule has 1 atom stereocenters. The van der Waals surface area contributed by atoms with Crippen molar-refractivity contribution >= 4 is 16.5 Å². The van der Waals surface area contributed by atoms with Crippen LogP contribution in [0.4, 0.5) is 5.13 Å². The number of thiazole rings is 1. The van der Waals surface area contributed by atoms with Crippen molar-refractivity contribution in [2.45, 2.75) is 26.4 Å². The lowest BCUT2D eigenvalue weighted by Gasteiger charge is -2.03. The SMILES string of the molecule is Cc1cnc(NCC[C@H](C)O)s1. The highest BCUT2D eigenvalue weighted by molar-refractivity contribution is 7.15. The number of hydrogen-bond acceptors (Lipinski definition) is 4. The Hall–Kier alpha value is -0.610. The van der Waals surface area contributed by atoms with E-state index in [9.17, 15) is 0 Å². The zero-order chi connectivity index (χ0) is 8.97. The van der Waals surface area contributed by atoms with Crippen LogP contribution in [0.2, 0.25) is 0 Å². The van der Waals surface area contributed by atoms with Crippen molar-refractivity contribution in [1.82, 2.24) is 4.98 Å². The molecule has 0 fully saturated rings. The Balaban J connectivity index is 2.24. The maximum absolute atomic E-state index is 8.98. The molecule has 0 bridgehead atoms. The van der Waals surface area contributed by atoms with Crippen LogP contribution in [-0.4, -0.2) is 22.7 Å². The minimum atomic E-state index is -0.237. The van der Waals surface area contributed by atoms with Gasteiger partial charge in [0, 0.05) is 17.6 Å². The van der Waals surface area contributed by atoms with E-state index in [1.165, 1.54) is 4.88 Å². The van der Waals surface area contributed by atoms with Crippen molar-refractivity contribution in [3.63, 3.8) is 0 Å². The number of hydrogen-bond donors (Lipinski definition) is 2. The highest BCUT2D eigenvalue weighted by Crippen LogP contribution is 2.16. The summed E-state index contributed by atoms with van der Waals surface area (Å²) in [7, 11) is 0. The van der Waals surface area contributed by atoms with E-state index in [-0.39, 0.29) is 6.10 Å². The van der Waals surface area contributed by atoms with Gasteiger partial charge in [-0.05, 0) is 20.3 Å². The summed E-state index contributed by atoms with van der Waals surface area (Å²) in [5.41, 5.74) is 0. The van der Waals surface area contributed by atoms with Gasteiger partial charge in [0.2, 0.25) is 0 Å². The predicted octanol–water partition coefficient (Wildman–Crippen LogP) is 1.63. The average Bonchev–Trinajstić information content (AvgIpc) is 2.35. The van der Waals surface area contributed by atoms with E-state index in [0.717, 1.165) is 18.1 Å². The minimum Gasteiger partial charge on any atom is -0.393 e. The molecule has 0 aliphatic carbocycles. The van der Waals surface area contributed by atoms with Crippen LogP contribution >= 0.6 is 11.3 Å². The van der Waals surface area contributed by atoms with Gasteiger partial charge in [-0.3, -0.25) is 0 Å². The van der Waals surface area contributed by atoms with Crippen molar-refractivity contribution in [2.24, 2.45) is 0 Å². The van der Waals surface area contributed by atoms with Gasteiger partial charge in [0.25, 0.3) is 0 Å². The van der Waals surface area contributed by atoms with Crippen LogP contribution in [0.1, 0.15) is 18.2 Å². The van der Waals surface area contributed by atoms with Gasteiger partial charge >= 0.3 is 0 Å². The molecule has 0 saturated carbocycles. The molecule has 1 heterocycles. The Labute approximate surface area is 76.5 Å². The smallest absolute Gasteiger partial charge is 0.182 e. The first kappa shape index (κ1) is 9.48. The largest absolute Gasteiger partial charge is 0.393 e. The van der Waals surface area contributed by atoms with Gasteiger partial charge in [0.05, 0.1) is 6.10 Å². The molecule has 0 aromatic carbocycles. The Bertz CT molecular complexity index is 235. The normalized spacial score (nSPS) is 12.9. The van der Waals surface area contributed by atoms with Crippen LogP contribution in [-0.2, 0) is 0 Å². The molecule has 0 amide bonds. The van der Waals surface area contributed by atoms with Crippen LogP contribution in [0.5, 0.6) is 0 Å². The Morgan fingerprint density at radius 3 is 3.00 bits per heavy atom. The molecule has 0 unspecified atom stereocenters. The summed E-state index contributed by atoms with van der Waals surface area (Å²) in [5.74, 6) is 0. The summed E-state index contributed by atoms with van der Waals surface area (Å²) in [4.78, 5) is 5.34. The summed E-state index contributed by atoms with van der Waals surface area (Å²) in [6.45, 7) is 4.59. The maximum Gasteiger partial charge on any atom is 0.182 e. The van der Waals surface area contributed by atoms with Gasteiger partial charge in [0.15, 0.2) is 5.13 Å². The zero-order valence-corrected chi connectivity index (χ0v) is 8.19. The molecule has 4 heteroatoms. The summed E-state index contributed by atoms with van der Waals surface area (Å²) < 4.78 is 0. The number of nitrogens with one attached hydrogen (secondary N) is 1. The van der Waals surface area contributed by atoms with Crippen LogP contribution in [0.25, 0.3) is 0 Å². The number of aryl methyl sites for hydroxylation is 1. The summed E-state index contributed by atoms with van der Waals surface area (Å²) in [5, 5.41) is 13.1. The third-order valence-corrected chi connectivity index (χ3v) is 2.33. The van der Waals surface area contributed by atoms with E-state index in [1.807, 2.05) is 13.1 Å². The molecule has 68 valence electrons. The molecule has 1 aromatic rings. The number of nitrogens with zero attached hydrogens (tertiary/aromatic N) is 1. The molecule has 0 aliphatic heterocycles. The third kappa shape index (κ3) is 3.19. The van der Waals surface area contributed by atoms with Gasteiger partial charge in [-0.2, -0.15) is 0 Å². The first-order chi connectivity index (χ1) is 5.68. The van der Waals surface area contributed by atoms with E-state index in [0.29, 0.717) is 0 Å². The van der Waals surface area contributed by atoms with E-state index in [2.05, 4.69) is 10.3 Å². The highest BCUT2D eigenvalue weighted by Gasteiger charge is 1.98. The first-order valence-electron chi connectivity index (χ1n) is 4.03. The second-order valence-corrected chi connectivity index (χ2v) is 4.08. The van der Waals surface area contributed by atoms with Crippen molar-refractivity contribution in [2.75, 3.05) is 11.9 Å². The van der Waals surface area contributed by atoms with E-state index >= 15 is 0 Å². The molecular formula is C8H14N2OS. The fraction of sp³-hybridized carbons (Fsp3) is 0.625. The van der Waals surface area contributed by atoms with Crippen molar-refractivity contribution in [1.29, 1.82) is 0 Å². The first-order valence-corrected chi connectivity index (χ1v) is 4.84. The Morgan fingerprint density at radius 1 is 1.75 bits per heavy atom. The second kappa shape index (κ2) is 4.42. The summed E-state index contributed by atoms with van der Waals surface area (Å²) in [6.07, 6.45) is 2.37. The monoisotopic (exact) mass is 186 g/mol. The summed E-state index contributed by atoms with van der Waals surface area (Å²) >= 11 is 1.64. The topological polar surface area (TPSA) is 45.2 Å². The average molecular weight is 186 g/mol. The van der Waals surface area contributed by atoms with Crippen LogP contribution in [0, 0.1) is 6.92 Å². The third-order valence-electron chi connectivity index (χ3n) is 1.46. The molecular weight excluding hydrogens is 172 g/mol. The standard InChI is InChI=1S/C8H14N2OS/c1-6(11)3-4-9-8-10-5-7(2)12-8/h5-6,11H,3-4H2,1-2H3,(H,9,10)/t6-/m0/s1. The number of aromatic nitrogens is 1. The molecule has 0 saturated heterocycles. The van der Waals surface area contributed by atoms with Gasteiger partial charge in [0.1, 0.15) is 0 Å². The van der Waals surface area contributed by atoms with Gasteiger partial charge in [-0.1, -0.05) is 0 Å². The van der Waals surface area contributed by atoms with Crippen LogP contribution < -0.4 is 5.32 Å². The van der Waals surface area contributed by atoms with Gasteiger partial charge < -0.3 is 10.4 Å². The molecule has 0 radical (unpaired) electrons. The molecule has 0 aliphatic rings. The lowest BCUT2D eigenvalue weighted by Crippen LogP contribution is -2.09. The molecule has 1 aromatic heterocycles. The van der Waals surface area contributed by atoms with Crippen molar-refractivity contribution in [3.05, 3.63) is 11.1 Å².